The maximum absolute atomic E-state index is 10.7. The fourth-order valence-corrected chi connectivity index (χ4v) is 0.997. The van der Waals surface area contributed by atoms with Gasteiger partial charge in [0.1, 0.15) is 6.04 Å². The van der Waals surface area contributed by atoms with E-state index in [1.807, 2.05) is 0 Å². The van der Waals surface area contributed by atoms with Crippen LogP contribution in [0.5, 0.6) is 0 Å². The number of carboxylic acids is 1. The Hall–Kier alpha value is -0.690. The SMILES string of the molecule is COCC(CO)NC(COC)C(=O)O. The van der Waals surface area contributed by atoms with Crippen molar-refractivity contribution in [2.24, 2.45) is 0 Å². The molecule has 0 bridgehead atoms. The van der Waals surface area contributed by atoms with Gasteiger partial charge in [0.2, 0.25) is 0 Å². The third-order valence-electron chi connectivity index (χ3n) is 1.66. The average molecular weight is 207 g/mol. The van der Waals surface area contributed by atoms with Crippen LogP contribution in [0.3, 0.4) is 0 Å². The molecule has 0 radical (unpaired) electrons. The van der Waals surface area contributed by atoms with Crippen molar-refractivity contribution in [1.29, 1.82) is 0 Å². The van der Waals surface area contributed by atoms with Gasteiger partial charge >= 0.3 is 5.97 Å². The van der Waals surface area contributed by atoms with E-state index in [1.165, 1.54) is 14.2 Å². The smallest absolute Gasteiger partial charge is 0.323 e. The number of carboxylic acid groups (broad SMARTS) is 1. The molecule has 0 saturated carbocycles. The van der Waals surface area contributed by atoms with Gasteiger partial charge in [0, 0.05) is 14.2 Å². The third kappa shape index (κ3) is 5.13. The number of aliphatic hydroxyl groups is 1. The number of carbonyl (C=O) groups is 1. The van der Waals surface area contributed by atoms with Gasteiger partial charge < -0.3 is 19.7 Å². The lowest BCUT2D eigenvalue weighted by atomic mass is 10.2. The molecule has 0 spiro atoms. The molecule has 14 heavy (non-hydrogen) atoms. The molecule has 0 amide bonds. The zero-order valence-electron chi connectivity index (χ0n) is 8.40. The Kier molecular flexibility index (Phi) is 7.31. The van der Waals surface area contributed by atoms with Crippen LogP contribution in [0, 0.1) is 0 Å². The van der Waals surface area contributed by atoms with E-state index >= 15 is 0 Å². The topological polar surface area (TPSA) is 88.0 Å². The fraction of sp³-hybridized carbons (Fsp3) is 0.875. The molecule has 3 N–H and O–H groups in total. The maximum Gasteiger partial charge on any atom is 0.323 e. The molecule has 2 atom stereocenters. The fourth-order valence-electron chi connectivity index (χ4n) is 0.997. The number of hydrogen-bond donors (Lipinski definition) is 3. The molecule has 0 rings (SSSR count). The largest absolute Gasteiger partial charge is 0.480 e. The number of nitrogens with one attached hydrogen (secondary N) is 1. The van der Waals surface area contributed by atoms with Crippen molar-refractivity contribution in [2.75, 3.05) is 34.0 Å². The molecular formula is C8H17NO5. The standard InChI is InChI=1S/C8H17NO5/c1-13-4-6(3-10)9-7(5-14-2)8(11)12/h6-7,9-10H,3-5H2,1-2H3,(H,11,12). The highest BCUT2D eigenvalue weighted by Gasteiger charge is 2.20. The second kappa shape index (κ2) is 7.69. The molecule has 0 fully saturated rings. The monoisotopic (exact) mass is 207 g/mol. The van der Waals surface area contributed by atoms with Gasteiger partial charge in [-0.1, -0.05) is 0 Å². The molecule has 2 unspecified atom stereocenters. The van der Waals surface area contributed by atoms with E-state index < -0.39 is 18.1 Å². The highest BCUT2D eigenvalue weighted by atomic mass is 16.5. The number of aliphatic hydroxyl groups excluding tert-OH is 1. The molecule has 6 heteroatoms. The average Bonchev–Trinajstić information content (AvgIpc) is 2.15. The number of aliphatic carboxylic acids is 1. The predicted octanol–water partition coefficient (Wildman–Crippen LogP) is -1.32. The molecule has 0 heterocycles. The Bertz CT molecular complexity index is 164. The quantitative estimate of drug-likeness (QED) is 0.457. The number of rotatable bonds is 8. The summed E-state index contributed by atoms with van der Waals surface area (Å²) in [4.78, 5) is 10.7. The first-order valence-electron chi connectivity index (χ1n) is 4.23. The van der Waals surface area contributed by atoms with Crippen molar-refractivity contribution in [1.82, 2.24) is 5.32 Å². The van der Waals surface area contributed by atoms with E-state index in [9.17, 15) is 4.79 Å². The van der Waals surface area contributed by atoms with Gasteiger partial charge in [-0.15, -0.1) is 0 Å². The summed E-state index contributed by atoms with van der Waals surface area (Å²) in [6, 6.07) is -1.22. The zero-order valence-corrected chi connectivity index (χ0v) is 8.40. The number of hydrogen-bond acceptors (Lipinski definition) is 5. The van der Waals surface area contributed by atoms with Crippen LogP contribution in [0.1, 0.15) is 0 Å². The second-order valence-electron chi connectivity index (χ2n) is 2.85. The van der Waals surface area contributed by atoms with E-state index in [1.54, 1.807) is 0 Å². The molecular weight excluding hydrogens is 190 g/mol. The van der Waals surface area contributed by atoms with Crippen molar-refractivity contribution in [3.05, 3.63) is 0 Å². The van der Waals surface area contributed by atoms with Crippen LogP contribution in [-0.4, -0.2) is 62.3 Å². The first-order chi connectivity index (χ1) is 6.65. The molecule has 0 aliphatic carbocycles. The molecule has 0 aromatic carbocycles. The molecule has 0 aromatic rings. The zero-order chi connectivity index (χ0) is 11.0. The van der Waals surface area contributed by atoms with Gasteiger partial charge in [-0.2, -0.15) is 0 Å². The van der Waals surface area contributed by atoms with Gasteiger partial charge in [-0.05, 0) is 0 Å². The lowest BCUT2D eigenvalue weighted by Gasteiger charge is -2.20. The van der Waals surface area contributed by atoms with Crippen LogP contribution >= 0.6 is 0 Å². The van der Waals surface area contributed by atoms with Crippen molar-refractivity contribution in [2.45, 2.75) is 12.1 Å². The third-order valence-corrected chi connectivity index (χ3v) is 1.66. The maximum atomic E-state index is 10.7. The van der Waals surface area contributed by atoms with Crippen LogP contribution < -0.4 is 5.32 Å². The van der Waals surface area contributed by atoms with E-state index in [4.69, 9.17) is 19.7 Å². The minimum atomic E-state index is -1.01. The molecule has 0 aliphatic rings. The number of ether oxygens (including phenoxy) is 2. The van der Waals surface area contributed by atoms with E-state index in [0.717, 1.165) is 0 Å². The Morgan fingerprint density at radius 3 is 2.29 bits per heavy atom. The summed E-state index contributed by atoms with van der Waals surface area (Å²) in [6.07, 6.45) is 0. The summed E-state index contributed by atoms with van der Waals surface area (Å²) >= 11 is 0. The van der Waals surface area contributed by atoms with E-state index in [2.05, 4.69) is 5.32 Å². The Labute approximate surface area is 82.8 Å². The summed E-state index contributed by atoms with van der Waals surface area (Å²) in [5.74, 6) is -1.01. The first kappa shape index (κ1) is 13.3. The van der Waals surface area contributed by atoms with Crippen LogP contribution in [0.15, 0.2) is 0 Å². The van der Waals surface area contributed by atoms with Crippen molar-refractivity contribution in [3.63, 3.8) is 0 Å². The van der Waals surface area contributed by atoms with Gasteiger partial charge in [-0.3, -0.25) is 10.1 Å². The van der Waals surface area contributed by atoms with Gasteiger partial charge in [0.05, 0.1) is 25.9 Å². The minimum Gasteiger partial charge on any atom is -0.480 e. The van der Waals surface area contributed by atoms with Crippen molar-refractivity contribution >= 4 is 5.97 Å². The normalized spacial score (nSPS) is 15.1. The Balaban J connectivity index is 4.03. The van der Waals surface area contributed by atoms with Crippen LogP contribution in [0.2, 0.25) is 0 Å². The summed E-state index contributed by atoms with van der Waals surface area (Å²) in [6.45, 7) is 0.126. The van der Waals surface area contributed by atoms with Crippen LogP contribution in [0.4, 0.5) is 0 Å². The highest BCUT2D eigenvalue weighted by Crippen LogP contribution is 1.91. The van der Waals surface area contributed by atoms with Gasteiger partial charge in [0.15, 0.2) is 0 Å². The minimum absolute atomic E-state index is 0.0511. The second-order valence-corrected chi connectivity index (χ2v) is 2.85. The van der Waals surface area contributed by atoms with Crippen LogP contribution in [-0.2, 0) is 14.3 Å². The highest BCUT2D eigenvalue weighted by molar-refractivity contribution is 5.73. The summed E-state index contributed by atoms with van der Waals surface area (Å²) in [7, 11) is 2.90. The molecule has 6 nitrogen and oxygen atoms in total. The van der Waals surface area contributed by atoms with E-state index in [-0.39, 0.29) is 19.8 Å². The summed E-state index contributed by atoms with van der Waals surface area (Å²) < 4.78 is 9.52. The van der Waals surface area contributed by atoms with Gasteiger partial charge in [0.25, 0.3) is 0 Å². The van der Waals surface area contributed by atoms with E-state index in [0.29, 0.717) is 0 Å². The molecule has 0 saturated heterocycles. The summed E-state index contributed by atoms with van der Waals surface area (Å²) in [5.41, 5.74) is 0. The van der Waals surface area contributed by atoms with Crippen LogP contribution in [0.25, 0.3) is 0 Å². The molecule has 84 valence electrons. The lowest BCUT2D eigenvalue weighted by molar-refractivity contribution is -0.141. The molecule has 0 aromatic heterocycles. The van der Waals surface area contributed by atoms with Crippen molar-refractivity contribution in [3.8, 4) is 0 Å². The van der Waals surface area contributed by atoms with Crippen molar-refractivity contribution < 1.29 is 24.5 Å². The first-order valence-corrected chi connectivity index (χ1v) is 4.23. The lowest BCUT2D eigenvalue weighted by Crippen LogP contribution is -2.49. The molecule has 0 aliphatic heterocycles. The Morgan fingerprint density at radius 1 is 1.36 bits per heavy atom. The summed E-state index contributed by atoms with van der Waals surface area (Å²) in [5, 5.41) is 20.3. The predicted molar refractivity (Wildman–Crippen MR) is 49.2 cm³/mol. The number of methoxy groups -OCH3 is 2. The van der Waals surface area contributed by atoms with Gasteiger partial charge in [-0.25, -0.2) is 0 Å². The Morgan fingerprint density at radius 2 is 1.93 bits per heavy atom.